The molecule has 0 atom stereocenters. The van der Waals surface area contributed by atoms with Crippen LogP contribution in [-0.2, 0) is 11.3 Å². The monoisotopic (exact) mass is 425 g/mol. The summed E-state index contributed by atoms with van der Waals surface area (Å²) in [5, 5.41) is 4.01. The van der Waals surface area contributed by atoms with E-state index in [4.69, 9.17) is 18.7 Å². The summed E-state index contributed by atoms with van der Waals surface area (Å²) in [7, 11) is 4.81. The third-order valence-corrected chi connectivity index (χ3v) is 5.03. The van der Waals surface area contributed by atoms with Crippen molar-refractivity contribution in [1.82, 2.24) is 15.0 Å². The van der Waals surface area contributed by atoms with Crippen molar-refractivity contribution in [2.45, 2.75) is 27.3 Å². The average molecular weight is 425 g/mol. The molecule has 0 spiro atoms. The van der Waals surface area contributed by atoms with E-state index in [-0.39, 0.29) is 19.1 Å². The van der Waals surface area contributed by atoms with Gasteiger partial charge in [-0.2, -0.15) is 4.98 Å². The molecule has 0 radical (unpaired) electrons. The van der Waals surface area contributed by atoms with E-state index in [0.29, 0.717) is 34.5 Å². The third kappa shape index (κ3) is 5.14. The number of likely N-dealkylation sites (N-methyl/N-ethyl adjacent to an activating group) is 1. The van der Waals surface area contributed by atoms with E-state index in [0.717, 1.165) is 16.7 Å². The molecule has 1 amide bonds. The second-order valence-electron chi connectivity index (χ2n) is 7.32. The van der Waals surface area contributed by atoms with Gasteiger partial charge in [0.25, 0.3) is 5.91 Å². The minimum Gasteiger partial charge on any atom is -0.497 e. The number of methoxy groups -OCH3 is 2. The first-order chi connectivity index (χ1) is 14.8. The summed E-state index contributed by atoms with van der Waals surface area (Å²) >= 11 is 0. The average Bonchev–Trinajstić information content (AvgIpc) is 3.22. The summed E-state index contributed by atoms with van der Waals surface area (Å²) in [5.74, 6) is 2.43. The highest BCUT2D eigenvalue weighted by molar-refractivity contribution is 5.77. The molecule has 0 aliphatic heterocycles. The van der Waals surface area contributed by atoms with E-state index in [1.807, 2.05) is 26.8 Å². The molecule has 8 nitrogen and oxygen atoms in total. The van der Waals surface area contributed by atoms with Crippen LogP contribution >= 0.6 is 0 Å². The number of aryl methyl sites for hydroxylation is 2. The van der Waals surface area contributed by atoms with Gasteiger partial charge in [-0.1, -0.05) is 11.2 Å². The fourth-order valence-electron chi connectivity index (χ4n) is 3.10. The summed E-state index contributed by atoms with van der Waals surface area (Å²) < 4.78 is 21.7. The van der Waals surface area contributed by atoms with E-state index < -0.39 is 0 Å². The molecule has 0 saturated carbocycles. The molecule has 1 aromatic heterocycles. The molecule has 164 valence electrons. The molecule has 8 heteroatoms. The lowest BCUT2D eigenvalue weighted by Gasteiger charge is -2.17. The Hall–Kier alpha value is -3.55. The first-order valence-electron chi connectivity index (χ1n) is 9.82. The van der Waals surface area contributed by atoms with Crippen LogP contribution < -0.4 is 14.2 Å². The summed E-state index contributed by atoms with van der Waals surface area (Å²) in [6.45, 7) is 6.09. The van der Waals surface area contributed by atoms with Gasteiger partial charge in [0.2, 0.25) is 11.7 Å². The maximum Gasteiger partial charge on any atom is 0.260 e. The van der Waals surface area contributed by atoms with Crippen LogP contribution in [0.3, 0.4) is 0 Å². The van der Waals surface area contributed by atoms with Gasteiger partial charge in [0.1, 0.15) is 17.2 Å². The minimum atomic E-state index is -0.194. The second kappa shape index (κ2) is 9.51. The molecule has 31 heavy (non-hydrogen) atoms. The molecule has 3 rings (SSSR count). The van der Waals surface area contributed by atoms with E-state index in [9.17, 15) is 4.79 Å². The van der Waals surface area contributed by atoms with Gasteiger partial charge in [0, 0.05) is 13.1 Å². The maximum atomic E-state index is 12.5. The lowest BCUT2D eigenvalue weighted by atomic mass is 10.1. The standard InChI is InChI=1S/C23H27N3O5/c1-14-9-15(2)16(3)19(10-14)30-13-22(27)26(4)12-21-24-23(25-31-21)18-8-7-17(28-5)11-20(18)29-6/h7-11H,12-13H2,1-6H3. The molecule has 3 aromatic rings. The van der Waals surface area contributed by atoms with Crippen LogP contribution in [0.15, 0.2) is 34.9 Å². The van der Waals surface area contributed by atoms with Crippen molar-refractivity contribution in [3.05, 3.63) is 52.9 Å². The quantitative estimate of drug-likeness (QED) is 0.544. The van der Waals surface area contributed by atoms with Gasteiger partial charge < -0.3 is 23.6 Å². The first-order valence-corrected chi connectivity index (χ1v) is 9.82. The smallest absolute Gasteiger partial charge is 0.260 e. The van der Waals surface area contributed by atoms with E-state index in [2.05, 4.69) is 16.2 Å². The number of nitrogens with zero attached hydrogens (tertiary/aromatic N) is 3. The van der Waals surface area contributed by atoms with Crippen LogP contribution in [0, 0.1) is 20.8 Å². The highest BCUT2D eigenvalue weighted by atomic mass is 16.5. The van der Waals surface area contributed by atoms with Gasteiger partial charge in [0.15, 0.2) is 6.61 Å². The first kappa shape index (κ1) is 22.1. The number of carbonyl (C=O) groups is 1. The molecule has 0 aliphatic carbocycles. The minimum absolute atomic E-state index is 0.0759. The number of rotatable bonds is 8. The Morgan fingerprint density at radius 2 is 1.84 bits per heavy atom. The number of carbonyl (C=O) groups excluding carboxylic acids is 1. The molecule has 1 heterocycles. The number of hydrogen-bond donors (Lipinski definition) is 0. The predicted molar refractivity (Wildman–Crippen MR) is 115 cm³/mol. The lowest BCUT2D eigenvalue weighted by Crippen LogP contribution is -2.31. The molecular formula is C23H27N3O5. The molecule has 0 bridgehead atoms. The number of hydrogen-bond acceptors (Lipinski definition) is 7. The normalized spacial score (nSPS) is 10.6. The number of ether oxygens (including phenoxy) is 3. The zero-order valence-electron chi connectivity index (χ0n) is 18.7. The summed E-state index contributed by atoms with van der Waals surface area (Å²) in [6, 6.07) is 9.34. The van der Waals surface area contributed by atoms with Gasteiger partial charge in [-0.15, -0.1) is 0 Å². The summed E-state index contributed by atoms with van der Waals surface area (Å²) in [6.07, 6.45) is 0. The van der Waals surface area contributed by atoms with Crippen molar-refractivity contribution in [1.29, 1.82) is 0 Å². The molecule has 0 unspecified atom stereocenters. The number of amides is 1. The topological polar surface area (TPSA) is 86.9 Å². The van der Waals surface area contributed by atoms with Crippen LogP contribution in [0.4, 0.5) is 0 Å². The van der Waals surface area contributed by atoms with Crippen LogP contribution in [0.2, 0.25) is 0 Å². The van der Waals surface area contributed by atoms with Crippen molar-refractivity contribution < 1.29 is 23.5 Å². The van der Waals surface area contributed by atoms with Crippen molar-refractivity contribution >= 4 is 5.91 Å². The lowest BCUT2D eigenvalue weighted by molar-refractivity contribution is -0.132. The highest BCUT2D eigenvalue weighted by Crippen LogP contribution is 2.31. The zero-order chi connectivity index (χ0) is 22.5. The molecular weight excluding hydrogens is 398 g/mol. The summed E-state index contributed by atoms with van der Waals surface area (Å²) in [5.41, 5.74) is 3.91. The van der Waals surface area contributed by atoms with Gasteiger partial charge in [0.05, 0.1) is 26.3 Å². The fraction of sp³-hybridized carbons (Fsp3) is 0.348. The van der Waals surface area contributed by atoms with Gasteiger partial charge in [-0.05, 0) is 55.7 Å². The van der Waals surface area contributed by atoms with Crippen LogP contribution in [0.1, 0.15) is 22.6 Å². The predicted octanol–water partition coefficient (Wildman–Crippen LogP) is 3.72. The number of aromatic nitrogens is 2. The van der Waals surface area contributed by atoms with Crippen molar-refractivity contribution in [2.24, 2.45) is 0 Å². The fourth-order valence-corrected chi connectivity index (χ4v) is 3.10. The van der Waals surface area contributed by atoms with Crippen molar-refractivity contribution in [3.63, 3.8) is 0 Å². The Labute approximate surface area is 181 Å². The highest BCUT2D eigenvalue weighted by Gasteiger charge is 2.18. The Morgan fingerprint density at radius 1 is 1.06 bits per heavy atom. The molecule has 2 aromatic carbocycles. The molecule has 0 N–H and O–H groups in total. The SMILES string of the molecule is COc1ccc(-c2noc(CN(C)C(=O)COc3cc(C)cc(C)c3C)n2)c(OC)c1. The second-order valence-corrected chi connectivity index (χ2v) is 7.32. The largest absolute Gasteiger partial charge is 0.497 e. The number of benzene rings is 2. The van der Waals surface area contributed by atoms with E-state index in [1.54, 1.807) is 39.5 Å². The Kier molecular flexibility index (Phi) is 6.79. The zero-order valence-corrected chi connectivity index (χ0v) is 18.7. The van der Waals surface area contributed by atoms with Gasteiger partial charge in [-0.25, -0.2) is 0 Å². The van der Waals surface area contributed by atoms with Crippen LogP contribution in [0.25, 0.3) is 11.4 Å². The third-order valence-electron chi connectivity index (χ3n) is 5.03. The Bertz CT molecular complexity index is 1080. The van der Waals surface area contributed by atoms with Crippen molar-refractivity contribution in [2.75, 3.05) is 27.9 Å². The Morgan fingerprint density at radius 3 is 2.55 bits per heavy atom. The summed E-state index contributed by atoms with van der Waals surface area (Å²) in [4.78, 5) is 18.4. The molecule has 0 fully saturated rings. The van der Waals surface area contributed by atoms with Crippen LogP contribution in [0.5, 0.6) is 17.2 Å². The van der Waals surface area contributed by atoms with Gasteiger partial charge >= 0.3 is 0 Å². The van der Waals surface area contributed by atoms with Crippen LogP contribution in [-0.4, -0.2) is 48.8 Å². The van der Waals surface area contributed by atoms with Gasteiger partial charge in [-0.3, -0.25) is 4.79 Å². The van der Waals surface area contributed by atoms with Crippen molar-refractivity contribution in [3.8, 4) is 28.6 Å². The molecule has 0 aliphatic rings. The van der Waals surface area contributed by atoms with E-state index >= 15 is 0 Å². The Balaban J connectivity index is 1.65. The van der Waals surface area contributed by atoms with E-state index in [1.165, 1.54) is 4.90 Å². The molecule has 0 saturated heterocycles. The maximum absolute atomic E-state index is 12.5.